The summed E-state index contributed by atoms with van der Waals surface area (Å²) < 4.78 is 1.84. The van der Waals surface area contributed by atoms with Crippen LogP contribution in [0.4, 0.5) is 0 Å². The molecule has 0 aliphatic rings. The number of carbonyl (C=O) groups is 1. The van der Waals surface area contributed by atoms with Crippen LogP contribution < -0.4 is 33.9 Å². The Labute approximate surface area is 135 Å². The largest absolute Gasteiger partial charge is 1.00 e. The lowest BCUT2D eigenvalue weighted by atomic mass is 10.1. The number of pyridine rings is 1. The van der Waals surface area contributed by atoms with Gasteiger partial charge in [-0.2, -0.15) is 0 Å². The second kappa shape index (κ2) is 7.84. The molecule has 1 aromatic heterocycles. The highest BCUT2D eigenvalue weighted by atomic mass is 127. The third-order valence-electron chi connectivity index (χ3n) is 2.84. The van der Waals surface area contributed by atoms with Crippen LogP contribution in [0.3, 0.4) is 0 Å². The number of hydrogen-bond donors (Lipinski definition) is 2. The summed E-state index contributed by atoms with van der Waals surface area (Å²) in [5.74, 6) is 0.180. The molecular formula is C15H17IN2O2. The minimum absolute atomic E-state index is 0. The number of benzene rings is 1. The van der Waals surface area contributed by atoms with Crippen LogP contribution in [0.25, 0.3) is 0 Å². The molecule has 1 heterocycles. The molecular weight excluding hydrogens is 367 g/mol. The molecule has 4 nitrogen and oxygen atoms in total. The van der Waals surface area contributed by atoms with Gasteiger partial charge in [-0.15, -0.1) is 0 Å². The van der Waals surface area contributed by atoms with Gasteiger partial charge in [-0.05, 0) is 30.2 Å². The van der Waals surface area contributed by atoms with Crippen LogP contribution in [-0.4, -0.2) is 17.6 Å². The van der Waals surface area contributed by atoms with Crippen molar-refractivity contribution < 1.29 is 38.4 Å². The van der Waals surface area contributed by atoms with Crippen LogP contribution >= 0.6 is 0 Å². The van der Waals surface area contributed by atoms with Gasteiger partial charge in [-0.1, -0.05) is 12.1 Å². The number of halogens is 1. The van der Waals surface area contributed by atoms with E-state index in [0.717, 1.165) is 12.0 Å². The molecule has 0 atom stereocenters. The molecule has 0 bridgehead atoms. The Morgan fingerprint density at radius 2 is 1.95 bits per heavy atom. The van der Waals surface area contributed by atoms with Crippen molar-refractivity contribution in [3.05, 3.63) is 59.9 Å². The van der Waals surface area contributed by atoms with E-state index in [4.69, 9.17) is 0 Å². The molecule has 1 aromatic carbocycles. The molecule has 0 aliphatic carbocycles. The fraction of sp³-hybridized carbons (Fsp3) is 0.200. The van der Waals surface area contributed by atoms with Crippen molar-refractivity contribution in [3.8, 4) is 5.75 Å². The number of carbonyl (C=O) groups excluding carboxylic acids is 1. The maximum absolute atomic E-state index is 11.9. The highest BCUT2D eigenvalue weighted by Crippen LogP contribution is 2.09. The first kappa shape index (κ1) is 16.4. The van der Waals surface area contributed by atoms with Crippen molar-refractivity contribution in [2.24, 2.45) is 7.05 Å². The zero-order chi connectivity index (χ0) is 13.7. The van der Waals surface area contributed by atoms with Gasteiger partial charge >= 0.3 is 0 Å². The number of nitrogens with zero attached hydrogens (tertiary/aromatic N) is 1. The highest BCUT2D eigenvalue weighted by molar-refractivity contribution is 5.93. The topological polar surface area (TPSA) is 53.2 Å². The number of phenolic OH excluding ortho intramolecular Hbond substituents is 1. The minimum Gasteiger partial charge on any atom is -1.00 e. The normalized spacial score (nSPS) is 9.65. The Morgan fingerprint density at radius 1 is 1.25 bits per heavy atom. The summed E-state index contributed by atoms with van der Waals surface area (Å²) in [7, 11) is 1.88. The first-order valence-corrected chi connectivity index (χ1v) is 6.16. The molecule has 0 aliphatic heterocycles. The van der Waals surface area contributed by atoms with Gasteiger partial charge in [0.05, 0.1) is 0 Å². The second-order valence-electron chi connectivity index (χ2n) is 4.43. The van der Waals surface area contributed by atoms with Gasteiger partial charge in [0.1, 0.15) is 18.4 Å². The van der Waals surface area contributed by atoms with E-state index in [2.05, 4.69) is 5.32 Å². The molecule has 106 valence electrons. The molecule has 0 saturated heterocycles. The molecule has 5 heteroatoms. The predicted molar refractivity (Wildman–Crippen MR) is 71.8 cm³/mol. The van der Waals surface area contributed by atoms with Gasteiger partial charge < -0.3 is 34.4 Å². The van der Waals surface area contributed by atoms with Crippen LogP contribution in [0.1, 0.15) is 15.9 Å². The van der Waals surface area contributed by atoms with Gasteiger partial charge in [-0.3, -0.25) is 4.79 Å². The molecule has 0 unspecified atom stereocenters. The van der Waals surface area contributed by atoms with Gasteiger partial charge in [0, 0.05) is 12.6 Å². The molecule has 2 N–H and O–H groups in total. The number of hydrogen-bond acceptors (Lipinski definition) is 2. The van der Waals surface area contributed by atoms with E-state index in [1.165, 1.54) is 0 Å². The molecule has 20 heavy (non-hydrogen) atoms. The maximum atomic E-state index is 11.9. The smallest absolute Gasteiger partial charge is 0.257 e. The number of nitrogens with one attached hydrogen (secondary N) is 1. The minimum atomic E-state index is -0.0741. The van der Waals surface area contributed by atoms with Crippen LogP contribution in [0.2, 0.25) is 0 Å². The van der Waals surface area contributed by atoms with Crippen LogP contribution in [0.15, 0.2) is 48.8 Å². The zero-order valence-corrected chi connectivity index (χ0v) is 13.4. The Kier molecular flexibility index (Phi) is 6.44. The molecule has 0 radical (unpaired) electrons. The fourth-order valence-electron chi connectivity index (χ4n) is 1.81. The van der Waals surface area contributed by atoms with E-state index in [9.17, 15) is 9.90 Å². The lowest BCUT2D eigenvalue weighted by Gasteiger charge is -2.04. The lowest BCUT2D eigenvalue weighted by molar-refractivity contribution is -0.671. The molecule has 0 fully saturated rings. The van der Waals surface area contributed by atoms with Crippen LogP contribution in [0.5, 0.6) is 5.75 Å². The molecule has 2 rings (SSSR count). The SMILES string of the molecule is C[n+]1cccc(C(=O)NCCc2ccc(O)cc2)c1.[I-]. The van der Waals surface area contributed by atoms with Crippen molar-refractivity contribution in [3.63, 3.8) is 0 Å². The van der Waals surface area contributed by atoms with E-state index in [1.807, 2.05) is 36.0 Å². The molecule has 1 amide bonds. The molecule has 0 spiro atoms. The quantitative estimate of drug-likeness (QED) is 0.483. The summed E-state index contributed by atoms with van der Waals surface area (Å²) in [4.78, 5) is 11.9. The maximum Gasteiger partial charge on any atom is 0.257 e. The van der Waals surface area contributed by atoms with Crippen LogP contribution in [-0.2, 0) is 13.5 Å². The summed E-state index contributed by atoms with van der Waals surface area (Å²) in [6, 6.07) is 10.6. The summed E-state index contributed by atoms with van der Waals surface area (Å²) in [6.07, 6.45) is 4.41. The number of aromatic hydroxyl groups is 1. The summed E-state index contributed by atoms with van der Waals surface area (Å²) >= 11 is 0. The summed E-state index contributed by atoms with van der Waals surface area (Å²) in [5.41, 5.74) is 1.73. The van der Waals surface area contributed by atoms with E-state index in [0.29, 0.717) is 12.1 Å². The van der Waals surface area contributed by atoms with Crippen molar-refractivity contribution in [2.75, 3.05) is 6.54 Å². The van der Waals surface area contributed by atoms with Crippen molar-refractivity contribution in [1.29, 1.82) is 0 Å². The Balaban J connectivity index is 0.00000200. The Hall–Kier alpha value is -1.63. The first-order valence-electron chi connectivity index (χ1n) is 6.16. The van der Waals surface area contributed by atoms with Crippen molar-refractivity contribution >= 4 is 5.91 Å². The van der Waals surface area contributed by atoms with E-state index in [1.54, 1.807) is 24.4 Å². The average molecular weight is 384 g/mol. The Morgan fingerprint density at radius 3 is 2.60 bits per heavy atom. The Bertz CT molecular complexity index is 570. The summed E-state index contributed by atoms with van der Waals surface area (Å²) in [6.45, 7) is 0.572. The number of rotatable bonds is 4. The predicted octanol–water partition coefficient (Wildman–Crippen LogP) is -1.81. The van der Waals surface area contributed by atoms with Gasteiger partial charge in [-0.25, -0.2) is 4.57 Å². The lowest BCUT2D eigenvalue weighted by Crippen LogP contribution is -3.00. The third kappa shape index (κ3) is 4.80. The average Bonchev–Trinajstić information content (AvgIpc) is 2.41. The fourth-order valence-corrected chi connectivity index (χ4v) is 1.81. The van der Waals surface area contributed by atoms with Crippen molar-refractivity contribution in [2.45, 2.75) is 6.42 Å². The molecule has 0 saturated carbocycles. The van der Waals surface area contributed by atoms with Crippen LogP contribution in [0, 0.1) is 0 Å². The second-order valence-corrected chi connectivity index (χ2v) is 4.43. The van der Waals surface area contributed by atoms with Crippen molar-refractivity contribution in [1.82, 2.24) is 5.32 Å². The number of phenols is 1. The number of amides is 1. The number of aromatic nitrogens is 1. The zero-order valence-electron chi connectivity index (χ0n) is 11.2. The van der Waals surface area contributed by atoms with E-state index < -0.39 is 0 Å². The number of aryl methyl sites for hydroxylation is 1. The monoisotopic (exact) mass is 384 g/mol. The highest BCUT2D eigenvalue weighted by Gasteiger charge is 2.07. The first-order chi connectivity index (χ1) is 9.15. The van der Waals surface area contributed by atoms with E-state index in [-0.39, 0.29) is 35.6 Å². The van der Waals surface area contributed by atoms with Gasteiger partial charge in [0.2, 0.25) is 0 Å². The van der Waals surface area contributed by atoms with E-state index >= 15 is 0 Å². The van der Waals surface area contributed by atoms with Gasteiger partial charge in [0.25, 0.3) is 5.91 Å². The van der Waals surface area contributed by atoms with Gasteiger partial charge in [0.15, 0.2) is 12.4 Å². The molecule has 2 aromatic rings. The third-order valence-corrected chi connectivity index (χ3v) is 2.84. The standard InChI is InChI=1S/C15H16N2O2.HI/c1-17-10-2-3-13(11-17)15(19)16-9-8-12-4-6-14(18)7-5-12;/h2-7,10-11H,8-9H2,1H3,(H-,16,18,19);1H. The summed E-state index contributed by atoms with van der Waals surface area (Å²) in [5, 5.41) is 12.0.